The summed E-state index contributed by atoms with van der Waals surface area (Å²) in [5.41, 5.74) is 1.15. The second kappa shape index (κ2) is 6.35. The topological polar surface area (TPSA) is 109 Å². The number of nitrogens with one attached hydrogen (secondary N) is 1. The Bertz CT molecular complexity index is 800. The summed E-state index contributed by atoms with van der Waals surface area (Å²) in [5.74, 6) is -1.08. The van der Waals surface area contributed by atoms with Crippen LogP contribution in [-0.2, 0) is 14.8 Å². The van der Waals surface area contributed by atoms with Gasteiger partial charge in [-0.3, -0.25) is 0 Å². The zero-order valence-corrected chi connectivity index (χ0v) is 12.4. The highest BCUT2D eigenvalue weighted by Crippen LogP contribution is 2.18. The lowest BCUT2D eigenvalue weighted by Crippen LogP contribution is -2.14. The Morgan fingerprint density at radius 2 is 1.77 bits per heavy atom. The summed E-state index contributed by atoms with van der Waals surface area (Å²) in [5, 5.41) is 8.70. The Kier molecular flexibility index (Phi) is 4.52. The molecule has 8 heteroatoms. The van der Waals surface area contributed by atoms with Crippen molar-refractivity contribution in [1.82, 2.24) is 9.97 Å². The van der Waals surface area contributed by atoms with Gasteiger partial charge in [0.2, 0.25) is 5.95 Å². The third-order valence-electron chi connectivity index (χ3n) is 2.75. The highest BCUT2D eigenvalue weighted by atomic mass is 32.2. The van der Waals surface area contributed by atoms with Crippen LogP contribution in [0.5, 0.6) is 0 Å². The molecule has 2 rings (SSSR count). The Morgan fingerprint density at radius 3 is 2.32 bits per heavy atom. The van der Waals surface area contributed by atoms with Crippen molar-refractivity contribution in [3.05, 3.63) is 54.4 Å². The molecule has 1 aromatic heterocycles. The predicted molar refractivity (Wildman–Crippen MR) is 80.6 cm³/mol. The van der Waals surface area contributed by atoms with Gasteiger partial charge in [-0.25, -0.2) is 27.9 Å². The van der Waals surface area contributed by atoms with Crippen LogP contribution in [0.3, 0.4) is 0 Å². The molecule has 0 saturated carbocycles. The van der Waals surface area contributed by atoms with Crippen LogP contribution >= 0.6 is 0 Å². The molecule has 0 atom stereocenters. The van der Waals surface area contributed by atoms with E-state index in [0.717, 1.165) is 6.08 Å². The van der Waals surface area contributed by atoms with Crippen molar-refractivity contribution in [1.29, 1.82) is 0 Å². The van der Waals surface area contributed by atoms with Gasteiger partial charge in [-0.1, -0.05) is 12.1 Å². The lowest BCUT2D eigenvalue weighted by molar-refractivity contribution is -0.131. The van der Waals surface area contributed by atoms with Crippen molar-refractivity contribution in [3.8, 4) is 0 Å². The average molecular weight is 319 g/mol. The molecule has 22 heavy (non-hydrogen) atoms. The Balaban J connectivity index is 2.24. The number of sulfonamides is 1. The van der Waals surface area contributed by atoms with E-state index in [1.807, 2.05) is 0 Å². The molecule has 0 spiro atoms. The summed E-state index contributed by atoms with van der Waals surface area (Å²) in [6.45, 7) is 1.63. The van der Waals surface area contributed by atoms with E-state index >= 15 is 0 Å². The zero-order chi connectivity index (χ0) is 16.2. The van der Waals surface area contributed by atoms with Crippen LogP contribution in [-0.4, -0.2) is 29.5 Å². The van der Waals surface area contributed by atoms with Crippen molar-refractivity contribution in [3.63, 3.8) is 0 Å². The number of rotatable bonds is 5. The smallest absolute Gasteiger partial charge is 0.328 e. The number of benzene rings is 1. The van der Waals surface area contributed by atoms with Crippen LogP contribution in [0.2, 0.25) is 0 Å². The number of carbonyl (C=O) groups is 1. The quantitative estimate of drug-likeness (QED) is 0.813. The number of carboxylic acids is 1. The van der Waals surface area contributed by atoms with Gasteiger partial charge in [-0.2, -0.15) is 0 Å². The number of aliphatic carboxylic acids is 1. The number of anilines is 1. The predicted octanol–water partition coefficient (Wildman–Crippen LogP) is 1.77. The summed E-state index contributed by atoms with van der Waals surface area (Å²) >= 11 is 0. The highest BCUT2D eigenvalue weighted by Gasteiger charge is 2.15. The summed E-state index contributed by atoms with van der Waals surface area (Å²) < 4.78 is 26.6. The normalized spacial score (nSPS) is 12.0. The van der Waals surface area contributed by atoms with Crippen molar-refractivity contribution < 1.29 is 18.3 Å². The van der Waals surface area contributed by atoms with E-state index in [-0.39, 0.29) is 10.8 Å². The molecule has 0 aliphatic heterocycles. The molecule has 0 bridgehead atoms. The van der Waals surface area contributed by atoms with Gasteiger partial charge in [0.25, 0.3) is 10.0 Å². The molecule has 1 heterocycles. The third-order valence-corrected chi connectivity index (χ3v) is 4.10. The maximum absolute atomic E-state index is 12.2. The highest BCUT2D eigenvalue weighted by molar-refractivity contribution is 7.92. The monoisotopic (exact) mass is 319 g/mol. The Hall–Kier alpha value is -2.74. The molecule has 114 valence electrons. The molecule has 0 unspecified atom stereocenters. The lowest BCUT2D eigenvalue weighted by atomic mass is 10.1. The number of nitrogens with zero attached hydrogens (tertiary/aromatic N) is 2. The van der Waals surface area contributed by atoms with Crippen molar-refractivity contribution in [2.75, 3.05) is 4.72 Å². The van der Waals surface area contributed by atoms with Gasteiger partial charge >= 0.3 is 5.97 Å². The van der Waals surface area contributed by atoms with Gasteiger partial charge in [0.05, 0.1) is 4.90 Å². The Labute approximate surface area is 127 Å². The van der Waals surface area contributed by atoms with Gasteiger partial charge in [0, 0.05) is 18.5 Å². The number of hydrogen-bond acceptors (Lipinski definition) is 5. The molecule has 0 saturated heterocycles. The van der Waals surface area contributed by atoms with Crippen molar-refractivity contribution >= 4 is 27.5 Å². The van der Waals surface area contributed by atoms with E-state index < -0.39 is 16.0 Å². The number of aromatic nitrogens is 2. The van der Waals surface area contributed by atoms with Gasteiger partial charge in [-0.15, -0.1) is 0 Å². The van der Waals surface area contributed by atoms with Crippen LogP contribution in [0.15, 0.2) is 53.7 Å². The summed E-state index contributed by atoms with van der Waals surface area (Å²) in [6.07, 6.45) is 3.90. The fourth-order valence-corrected chi connectivity index (χ4v) is 2.65. The standard InChI is InChI=1S/C14H13N3O4S/c1-10(9-13(18)19)11-3-5-12(6-4-11)22(20,21)17-14-15-7-2-8-16-14/h2-9H,1H3,(H,18,19)(H,15,16,17). The average Bonchev–Trinajstić information content (AvgIpc) is 2.47. The van der Waals surface area contributed by atoms with Crippen LogP contribution in [0.4, 0.5) is 5.95 Å². The van der Waals surface area contributed by atoms with Gasteiger partial charge in [-0.05, 0) is 36.3 Å². The van der Waals surface area contributed by atoms with Crippen molar-refractivity contribution in [2.45, 2.75) is 11.8 Å². The van der Waals surface area contributed by atoms with Gasteiger partial charge in [0.15, 0.2) is 0 Å². The molecule has 0 aliphatic rings. The second-order valence-electron chi connectivity index (χ2n) is 4.37. The van der Waals surface area contributed by atoms with E-state index in [1.165, 1.54) is 36.7 Å². The minimum atomic E-state index is -3.79. The Morgan fingerprint density at radius 1 is 1.18 bits per heavy atom. The first kappa shape index (κ1) is 15.6. The molecule has 0 amide bonds. The molecule has 0 aliphatic carbocycles. The molecule has 0 radical (unpaired) electrons. The van der Waals surface area contributed by atoms with Crippen LogP contribution in [0.1, 0.15) is 12.5 Å². The van der Waals surface area contributed by atoms with Gasteiger partial charge in [0.1, 0.15) is 0 Å². The van der Waals surface area contributed by atoms with E-state index in [1.54, 1.807) is 13.0 Å². The van der Waals surface area contributed by atoms with Crippen molar-refractivity contribution in [2.24, 2.45) is 0 Å². The third kappa shape index (κ3) is 3.89. The largest absolute Gasteiger partial charge is 0.478 e. The van der Waals surface area contributed by atoms with E-state index in [9.17, 15) is 13.2 Å². The van der Waals surface area contributed by atoms with Crippen LogP contribution in [0, 0.1) is 0 Å². The first-order valence-electron chi connectivity index (χ1n) is 6.20. The first-order valence-corrected chi connectivity index (χ1v) is 7.68. The molecule has 2 N–H and O–H groups in total. The second-order valence-corrected chi connectivity index (χ2v) is 6.05. The van der Waals surface area contributed by atoms with Gasteiger partial charge < -0.3 is 5.11 Å². The van der Waals surface area contributed by atoms with E-state index in [4.69, 9.17) is 5.11 Å². The molecule has 0 fully saturated rings. The molecule has 2 aromatic rings. The zero-order valence-electron chi connectivity index (χ0n) is 11.6. The lowest BCUT2D eigenvalue weighted by Gasteiger charge is -2.07. The SMILES string of the molecule is CC(=CC(=O)O)c1ccc(S(=O)(=O)Nc2ncccn2)cc1. The molecule has 7 nitrogen and oxygen atoms in total. The molecular weight excluding hydrogens is 306 g/mol. The van der Waals surface area contributed by atoms with E-state index in [2.05, 4.69) is 14.7 Å². The number of carboxylic acid groups (broad SMARTS) is 1. The van der Waals surface area contributed by atoms with E-state index in [0.29, 0.717) is 11.1 Å². The maximum atomic E-state index is 12.2. The number of allylic oxidation sites excluding steroid dienone is 1. The minimum absolute atomic E-state index is 0.0199. The van der Waals surface area contributed by atoms with Crippen LogP contribution < -0.4 is 4.72 Å². The first-order chi connectivity index (χ1) is 10.4. The minimum Gasteiger partial charge on any atom is -0.478 e. The fraction of sp³-hybridized carbons (Fsp3) is 0.0714. The molecule has 1 aromatic carbocycles. The maximum Gasteiger partial charge on any atom is 0.328 e. The van der Waals surface area contributed by atoms with Crippen LogP contribution in [0.25, 0.3) is 5.57 Å². The summed E-state index contributed by atoms with van der Waals surface area (Å²) in [6, 6.07) is 7.42. The number of hydrogen-bond donors (Lipinski definition) is 2. The summed E-state index contributed by atoms with van der Waals surface area (Å²) in [4.78, 5) is 18.2. The molecular formula is C14H13N3O4S. The summed E-state index contributed by atoms with van der Waals surface area (Å²) in [7, 11) is -3.79. The fourth-order valence-electron chi connectivity index (χ4n) is 1.70.